The molecule has 0 N–H and O–H groups in total. The zero-order valence-corrected chi connectivity index (χ0v) is 7.68. The fourth-order valence-electron chi connectivity index (χ4n) is 1.07. The van der Waals surface area contributed by atoms with Gasteiger partial charge in [0.05, 0.1) is 19.8 Å². The molecule has 0 radical (unpaired) electrons. The number of hydrogen-bond donors (Lipinski definition) is 0. The van der Waals surface area contributed by atoms with E-state index in [-0.39, 0.29) is 11.5 Å². The Kier molecular flexibility index (Phi) is 3.22. The summed E-state index contributed by atoms with van der Waals surface area (Å²) in [4.78, 5) is 0. The van der Waals surface area contributed by atoms with Gasteiger partial charge in [-0.3, -0.25) is 0 Å². The second-order valence-electron chi connectivity index (χ2n) is 2.53. The van der Waals surface area contributed by atoms with E-state index in [1.807, 2.05) is 0 Å². The lowest BCUT2D eigenvalue weighted by Gasteiger charge is -2.10. The summed E-state index contributed by atoms with van der Waals surface area (Å²) in [5, 5.41) is 0. The third kappa shape index (κ3) is 1.92. The minimum absolute atomic E-state index is 0.142. The van der Waals surface area contributed by atoms with Crippen molar-refractivity contribution in [3.8, 4) is 11.5 Å². The lowest BCUT2D eigenvalue weighted by Crippen LogP contribution is -1.98. The van der Waals surface area contributed by atoms with Gasteiger partial charge in [0.1, 0.15) is 17.3 Å². The second kappa shape index (κ2) is 4.21. The molecule has 0 atom stereocenters. The molecular formula is C9H9F3O2. The molecule has 0 unspecified atom stereocenters. The van der Waals surface area contributed by atoms with Gasteiger partial charge in [-0.15, -0.1) is 0 Å². The molecular weight excluding hydrogens is 197 g/mol. The summed E-state index contributed by atoms with van der Waals surface area (Å²) in [5.74, 6) is -1.10. The maximum Gasteiger partial charge on any atom is 0.270 e. The number of alkyl halides is 2. The highest BCUT2D eigenvalue weighted by molar-refractivity contribution is 5.42. The summed E-state index contributed by atoms with van der Waals surface area (Å²) >= 11 is 0. The fourth-order valence-corrected chi connectivity index (χ4v) is 1.07. The first-order valence-electron chi connectivity index (χ1n) is 3.79. The van der Waals surface area contributed by atoms with Crippen molar-refractivity contribution >= 4 is 0 Å². The van der Waals surface area contributed by atoms with Crippen molar-refractivity contribution in [2.24, 2.45) is 0 Å². The van der Waals surface area contributed by atoms with Crippen LogP contribution < -0.4 is 9.47 Å². The number of rotatable bonds is 3. The Morgan fingerprint density at radius 3 is 2.21 bits per heavy atom. The first kappa shape index (κ1) is 10.7. The van der Waals surface area contributed by atoms with Gasteiger partial charge in [0.25, 0.3) is 6.43 Å². The van der Waals surface area contributed by atoms with E-state index in [9.17, 15) is 13.2 Å². The minimum atomic E-state index is -2.91. The van der Waals surface area contributed by atoms with Crippen LogP contribution in [-0.4, -0.2) is 14.2 Å². The van der Waals surface area contributed by atoms with Crippen LogP contribution in [0.4, 0.5) is 13.2 Å². The van der Waals surface area contributed by atoms with Crippen LogP contribution in [0.3, 0.4) is 0 Å². The van der Waals surface area contributed by atoms with E-state index in [1.165, 1.54) is 20.3 Å². The van der Waals surface area contributed by atoms with Gasteiger partial charge < -0.3 is 9.47 Å². The summed E-state index contributed by atoms with van der Waals surface area (Å²) in [6.45, 7) is 0. The maximum atomic E-state index is 13.1. The van der Waals surface area contributed by atoms with E-state index in [0.29, 0.717) is 0 Å². The van der Waals surface area contributed by atoms with E-state index in [2.05, 4.69) is 4.74 Å². The van der Waals surface area contributed by atoms with E-state index < -0.39 is 17.8 Å². The van der Waals surface area contributed by atoms with E-state index >= 15 is 0 Å². The van der Waals surface area contributed by atoms with Gasteiger partial charge in [-0.25, -0.2) is 13.2 Å². The van der Waals surface area contributed by atoms with Crippen LogP contribution in [-0.2, 0) is 0 Å². The second-order valence-corrected chi connectivity index (χ2v) is 2.53. The van der Waals surface area contributed by atoms with Crippen molar-refractivity contribution in [3.63, 3.8) is 0 Å². The van der Waals surface area contributed by atoms with Crippen LogP contribution in [0, 0.1) is 5.82 Å². The van der Waals surface area contributed by atoms with Crippen LogP contribution in [0.2, 0.25) is 0 Å². The van der Waals surface area contributed by atoms with Gasteiger partial charge in [-0.2, -0.15) is 0 Å². The molecule has 1 rings (SSSR count). The lowest BCUT2D eigenvalue weighted by molar-refractivity contribution is 0.141. The van der Waals surface area contributed by atoms with E-state index in [0.717, 1.165) is 6.07 Å². The van der Waals surface area contributed by atoms with Crippen LogP contribution in [0.25, 0.3) is 0 Å². The molecule has 0 bridgehead atoms. The van der Waals surface area contributed by atoms with Crippen molar-refractivity contribution in [3.05, 3.63) is 23.5 Å². The summed E-state index contributed by atoms with van der Waals surface area (Å²) in [6, 6.07) is 2.11. The van der Waals surface area contributed by atoms with Crippen LogP contribution in [0.5, 0.6) is 11.5 Å². The normalized spacial score (nSPS) is 10.4. The molecule has 5 heteroatoms. The Hall–Kier alpha value is -1.39. The molecule has 0 amide bonds. The van der Waals surface area contributed by atoms with Crippen molar-refractivity contribution in [1.29, 1.82) is 0 Å². The topological polar surface area (TPSA) is 18.5 Å². The van der Waals surface area contributed by atoms with E-state index in [4.69, 9.17) is 4.74 Å². The number of methoxy groups -OCH3 is 2. The molecule has 1 aromatic carbocycles. The van der Waals surface area contributed by atoms with Gasteiger partial charge >= 0.3 is 0 Å². The first-order chi connectivity index (χ1) is 6.60. The molecule has 0 saturated carbocycles. The van der Waals surface area contributed by atoms with E-state index in [1.54, 1.807) is 0 Å². The predicted octanol–water partition coefficient (Wildman–Crippen LogP) is 2.78. The Morgan fingerprint density at radius 2 is 1.79 bits per heavy atom. The third-order valence-electron chi connectivity index (χ3n) is 1.74. The maximum absolute atomic E-state index is 13.1. The molecule has 2 nitrogen and oxygen atoms in total. The minimum Gasteiger partial charge on any atom is -0.497 e. The SMILES string of the molecule is COc1cc(F)c(C(F)F)c(OC)c1. The number of halogens is 3. The van der Waals surface area contributed by atoms with Crippen molar-refractivity contribution in [1.82, 2.24) is 0 Å². The van der Waals surface area contributed by atoms with Crippen LogP contribution in [0.1, 0.15) is 12.0 Å². The summed E-state index contributed by atoms with van der Waals surface area (Å²) < 4.78 is 47.1. The van der Waals surface area contributed by atoms with Crippen molar-refractivity contribution < 1.29 is 22.6 Å². The monoisotopic (exact) mass is 206 g/mol. The van der Waals surface area contributed by atoms with Gasteiger partial charge in [-0.1, -0.05) is 0 Å². The average Bonchev–Trinajstić information content (AvgIpc) is 2.15. The quantitative estimate of drug-likeness (QED) is 0.757. The zero-order chi connectivity index (χ0) is 10.7. The average molecular weight is 206 g/mol. The third-order valence-corrected chi connectivity index (χ3v) is 1.74. The smallest absolute Gasteiger partial charge is 0.270 e. The Labute approximate surface area is 79.2 Å². The van der Waals surface area contributed by atoms with Crippen LogP contribution >= 0.6 is 0 Å². The summed E-state index contributed by atoms with van der Waals surface area (Å²) in [7, 11) is 2.51. The Bertz CT molecular complexity index is 326. The van der Waals surface area contributed by atoms with Crippen molar-refractivity contribution in [2.45, 2.75) is 6.43 Å². The first-order valence-corrected chi connectivity index (χ1v) is 3.79. The lowest BCUT2D eigenvalue weighted by atomic mass is 10.2. The highest BCUT2D eigenvalue weighted by Gasteiger charge is 2.20. The Morgan fingerprint density at radius 1 is 1.14 bits per heavy atom. The standard InChI is InChI=1S/C9H9F3O2/c1-13-5-3-6(10)8(9(11)12)7(4-5)14-2/h3-4,9H,1-2H3. The number of hydrogen-bond acceptors (Lipinski definition) is 2. The van der Waals surface area contributed by atoms with Gasteiger partial charge in [0.15, 0.2) is 0 Å². The van der Waals surface area contributed by atoms with Gasteiger partial charge in [-0.05, 0) is 0 Å². The molecule has 0 saturated heterocycles. The van der Waals surface area contributed by atoms with Gasteiger partial charge in [0, 0.05) is 12.1 Å². The number of benzene rings is 1. The fraction of sp³-hybridized carbons (Fsp3) is 0.333. The molecule has 0 aliphatic carbocycles. The predicted molar refractivity (Wildman–Crippen MR) is 44.5 cm³/mol. The molecule has 1 aromatic rings. The molecule has 14 heavy (non-hydrogen) atoms. The Balaban J connectivity index is 3.27. The van der Waals surface area contributed by atoms with Crippen LogP contribution in [0.15, 0.2) is 12.1 Å². The molecule has 0 aliphatic heterocycles. The highest BCUT2D eigenvalue weighted by atomic mass is 19.3. The summed E-state index contributed by atoms with van der Waals surface area (Å²) in [5.41, 5.74) is -0.742. The molecule has 0 aromatic heterocycles. The summed E-state index contributed by atoms with van der Waals surface area (Å²) in [6.07, 6.45) is -2.91. The highest BCUT2D eigenvalue weighted by Crippen LogP contribution is 2.34. The number of ether oxygens (including phenoxy) is 2. The molecule has 0 aliphatic rings. The molecule has 0 heterocycles. The molecule has 0 spiro atoms. The molecule has 0 fully saturated rings. The van der Waals surface area contributed by atoms with Gasteiger partial charge in [0.2, 0.25) is 0 Å². The zero-order valence-electron chi connectivity index (χ0n) is 7.68. The molecule has 78 valence electrons. The van der Waals surface area contributed by atoms with Crippen molar-refractivity contribution in [2.75, 3.05) is 14.2 Å². The largest absolute Gasteiger partial charge is 0.497 e.